The second-order valence-corrected chi connectivity index (χ2v) is 5.80. The van der Waals surface area contributed by atoms with E-state index in [-0.39, 0.29) is 11.9 Å². The first kappa shape index (κ1) is 15.9. The molecule has 1 heterocycles. The Kier molecular flexibility index (Phi) is 5.33. The topological polar surface area (TPSA) is 55.9 Å². The van der Waals surface area contributed by atoms with Gasteiger partial charge in [-0.15, -0.1) is 0 Å². The highest BCUT2D eigenvalue weighted by molar-refractivity contribution is 6.31. The number of aromatic nitrogens is 2. The molecule has 2 aromatic rings. The van der Waals surface area contributed by atoms with Gasteiger partial charge < -0.3 is 0 Å². The lowest BCUT2D eigenvalue weighted by molar-refractivity contribution is 0.494. The number of benzene rings is 1. The minimum Gasteiger partial charge on any atom is -0.271 e. The molecule has 3 N–H and O–H groups in total. The van der Waals surface area contributed by atoms with Gasteiger partial charge in [0.25, 0.3) is 0 Å². The van der Waals surface area contributed by atoms with Crippen molar-refractivity contribution in [3.05, 3.63) is 52.6 Å². The third-order valence-electron chi connectivity index (χ3n) is 3.37. The van der Waals surface area contributed by atoms with E-state index in [1.807, 2.05) is 16.9 Å². The number of halogens is 2. The zero-order valence-corrected chi connectivity index (χ0v) is 12.9. The summed E-state index contributed by atoms with van der Waals surface area (Å²) < 4.78 is 15.0. The summed E-state index contributed by atoms with van der Waals surface area (Å²) in [5.41, 5.74) is 4.61. The summed E-state index contributed by atoms with van der Waals surface area (Å²) in [6, 6.07) is 6.71. The molecule has 2 rings (SSSR count). The Labute approximate surface area is 129 Å². The van der Waals surface area contributed by atoms with Gasteiger partial charge in [0, 0.05) is 29.7 Å². The summed E-state index contributed by atoms with van der Waals surface area (Å²) >= 11 is 6.05. The van der Waals surface area contributed by atoms with Gasteiger partial charge in [-0.05, 0) is 44.0 Å². The van der Waals surface area contributed by atoms with Crippen molar-refractivity contribution < 1.29 is 4.39 Å². The van der Waals surface area contributed by atoms with Crippen molar-refractivity contribution in [2.24, 2.45) is 5.84 Å². The van der Waals surface area contributed by atoms with Crippen LogP contribution < -0.4 is 11.3 Å². The summed E-state index contributed by atoms with van der Waals surface area (Å²) in [6.45, 7) is 4.15. The van der Waals surface area contributed by atoms with Crippen molar-refractivity contribution in [3.8, 4) is 0 Å². The van der Waals surface area contributed by atoms with Gasteiger partial charge in [0.15, 0.2) is 0 Å². The van der Waals surface area contributed by atoms with Gasteiger partial charge in [-0.2, -0.15) is 5.10 Å². The van der Waals surface area contributed by atoms with Crippen LogP contribution in [0.4, 0.5) is 4.39 Å². The van der Waals surface area contributed by atoms with Crippen LogP contribution in [0, 0.1) is 5.82 Å². The fourth-order valence-corrected chi connectivity index (χ4v) is 2.41. The van der Waals surface area contributed by atoms with E-state index >= 15 is 0 Å². The van der Waals surface area contributed by atoms with Gasteiger partial charge in [0.1, 0.15) is 5.82 Å². The molecule has 21 heavy (non-hydrogen) atoms. The molecule has 0 fully saturated rings. The molecule has 0 radical (unpaired) electrons. The van der Waals surface area contributed by atoms with Gasteiger partial charge in [-0.1, -0.05) is 17.7 Å². The van der Waals surface area contributed by atoms with E-state index < -0.39 is 0 Å². The standard InChI is InChI=1S/C15H20ClFN4/c1-10(2)21-6-5-13(20-21)9-14(19-18)7-11-3-4-12(17)8-15(11)16/h3-6,8,10,14,19H,7,9,18H2,1-2H3. The van der Waals surface area contributed by atoms with Crippen LogP contribution in [0.15, 0.2) is 30.5 Å². The quantitative estimate of drug-likeness (QED) is 0.637. The third-order valence-corrected chi connectivity index (χ3v) is 3.72. The third kappa shape index (κ3) is 4.27. The minimum absolute atomic E-state index is 0.0107. The van der Waals surface area contributed by atoms with E-state index in [0.29, 0.717) is 23.9 Å². The molecule has 0 aliphatic rings. The fraction of sp³-hybridized carbons (Fsp3) is 0.400. The zero-order chi connectivity index (χ0) is 15.4. The van der Waals surface area contributed by atoms with Crippen molar-refractivity contribution in [1.29, 1.82) is 0 Å². The van der Waals surface area contributed by atoms with E-state index in [1.165, 1.54) is 12.1 Å². The maximum atomic E-state index is 13.1. The van der Waals surface area contributed by atoms with Crippen molar-refractivity contribution in [1.82, 2.24) is 15.2 Å². The van der Waals surface area contributed by atoms with Crippen LogP contribution in [0.3, 0.4) is 0 Å². The number of hydrazine groups is 1. The first-order valence-corrected chi connectivity index (χ1v) is 7.31. The Morgan fingerprint density at radius 3 is 2.67 bits per heavy atom. The minimum atomic E-state index is -0.336. The van der Waals surface area contributed by atoms with Crippen LogP contribution in [0.25, 0.3) is 0 Å². The van der Waals surface area contributed by atoms with E-state index in [0.717, 1.165) is 11.3 Å². The lowest BCUT2D eigenvalue weighted by atomic mass is 10.0. The average molecular weight is 311 g/mol. The second-order valence-electron chi connectivity index (χ2n) is 5.39. The molecular weight excluding hydrogens is 291 g/mol. The molecule has 1 aromatic carbocycles. The molecule has 114 valence electrons. The molecule has 1 unspecified atom stereocenters. The molecule has 0 saturated heterocycles. The van der Waals surface area contributed by atoms with Crippen molar-refractivity contribution >= 4 is 11.6 Å². The lowest BCUT2D eigenvalue weighted by Gasteiger charge is -2.15. The summed E-state index contributed by atoms with van der Waals surface area (Å²) in [4.78, 5) is 0. The summed E-state index contributed by atoms with van der Waals surface area (Å²) in [5.74, 6) is 5.28. The van der Waals surface area contributed by atoms with Gasteiger partial charge in [-0.25, -0.2) is 4.39 Å². The largest absolute Gasteiger partial charge is 0.271 e. The first-order valence-electron chi connectivity index (χ1n) is 6.93. The van der Waals surface area contributed by atoms with E-state index in [1.54, 1.807) is 6.07 Å². The zero-order valence-electron chi connectivity index (χ0n) is 12.2. The van der Waals surface area contributed by atoms with Crippen molar-refractivity contribution in [3.63, 3.8) is 0 Å². The maximum Gasteiger partial charge on any atom is 0.124 e. The maximum absolute atomic E-state index is 13.1. The SMILES string of the molecule is CC(C)n1ccc(CC(Cc2ccc(F)cc2Cl)NN)n1. The Morgan fingerprint density at radius 2 is 2.10 bits per heavy atom. The molecule has 1 atom stereocenters. The molecular formula is C15H20ClFN4. The van der Waals surface area contributed by atoms with E-state index in [9.17, 15) is 4.39 Å². The Hall–Kier alpha value is -1.43. The molecule has 0 aliphatic heterocycles. The van der Waals surface area contributed by atoms with Gasteiger partial charge >= 0.3 is 0 Å². The molecule has 0 amide bonds. The predicted octanol–water partition coefficient (Wildman–Crippen LogP) is 2.87. The Balaban J connectivity index is 2.05. The number of nitrogens with two attached hydrogens (primary N) is 1. The number of nitrogens with zero attached hydrogens (tertiary/aromatic N) is 2. The smallest absolute Gasteiger partial charge is 0.124 e. The monoisotopic (exact) mass is 310 g/mol. The van der Waals surface area contributed by atoms with Crippen molar-refractivity contribution in [2.45, 2.75) is 38.8 Å². The average Bonchev–Trinajstić information content (AvgIpc) is 2.89. The number of nitrogens with one attached hydrogen (secondary N) is 1. The number of rotatable bonds is 6. The highest BCUT2D eigenvalue weighted by atomic mass is 35.5. The summed E-state index contributed by atoms with van der Waals surface area (Å²) in [7, 11) is 0. The fourth-order valence-electron chi connectivity index (χ4n) is 2.17. The Bertz CT molecular complexity index is 597. The van der Waals surface area contributed by atoms with Crippen LogP contribution in [-0.4, -0.2) is 15.8 Å². The number of hydrogen-bond acceptors (Lipinski definition) is 3. The van der Waals surface area contributed by atoms with E-state index in [2.05, 4.69) is 24.4 Å². The van der Waals surface area contributed by atoms with Crippen LogP contribution in [0.1, 0.15) is 31.1 Å². The van der Waals surface area contributed by atoms with E-state index in [4.69, 9.17) is 17.4 Å². The molecule has 0 spiro atoms. The van der Waals surface area contributed by atoms with Gasteiger partial charge in [0.05, 0.1) is 5.69 Å². The van der Waals surface area contributed by atoms with Crippen LogP contribution in [-0.2, 0) is 12.8 Å². The van der Waals surface area contributed by atoms with Crippen LogP contribution in [0.5, 0.6) is 0 Å². The van der Waals surface area contributed by atoms with Gasteiger partial charge in [0.2, 0.25) is 0 Å². The number of hydrogen-bond donors (Lipinski definition) is 2. The molecule has 0 bridgehead atoms. The highest BCUT2D eigenvalue weighted by Gasteiger charge is 2.13. The summed E-state index contributed by atoms with van der Waals surface area (Å²) in [5, 5.41) is 4.92. The first-order chi connectivity index (χ1) is 9.99. The molecule has 4 nitrogen and oxygen atoms in total. The second kappa shape index (κ2) is 7.02. The van der Waals surface area contributed by atoms with Crippen molar-refractivity contribution in [2.75, 3.05) is 0 Å². The summed E-state index contributed by atoms with van der Waals surface area (Å²) in [6.07, 6.45) is 3.26. The molecule has 0 aliphatic carbocycles. The molecule has 1 aromatic heterocycles. The highest BCUT2D eigenvalue weighted by Crippen LogP contribution is 2.19. The Morgan fingerprint density at radius 1 is 1.33 bits per heavy atom. The predicted molar refractivity (Wildman–Crippen MR) is 82.5 cm³/mol. The molecule has 0 saturated carbocycles. The lowest BCUT2D eigenvalue weighted by Crippen LogP contribution is -2.38. The van der Waals surface area contributed by atoms with Crippen LogP contribution >= 0.6 is 11.6 Å². The normalized spacial score (nSPS) is 12.9. The van der Waals surface area contributed by atoms with Crippen LogP contribution in [0.2, 0.25) is 5.02 Å². The molecule has 6 heteroatoms. The van der Waals surface area contributed by atoms with Gasteiger partial charge in [-0.3, -0.25) is 16.0 Å².